The summed E-state index contributed by atoms with van der Waals surface area (Å²) in [4.78, 5) is 7.78. The van der Waals surface area contributed by atoms with Crippen LogP contribution >= 0.6 is 0 Å². The van der Waals surface area contributed by atoms with E-state index < -0.39 is 23.4 Å². The van der Waals surface area contributed by atoms with Crippen molar-refractivity contribution in [3.05, 3.63) is 35.5 Å². The third-order valence-electron chi connectivity index (χ3n) is 4.77. The van der Waals surface area contributed by atoms with Gasteiger partial charge in [-0.2, -0.15) is 23.4 Å². The summed E-state index contributed by atoms with van der Waals surface area (Å²) in [5, 5.41) is 35.0. The Balaban J connectivity index is 1.92. The molecule has 5 N–H and O–H groups in total. The Hall–Kier alpha value is -3.39. The predicted molar refractivity (Wildman–Crippen MR) is 111 cm³/mol. The lowest BCUT2D eigenvalue weighted by molar-refractivity contribution is -0.137. The lowest BCUT2D eigenvalue weighted by Crippen LogP contribution is -2.39. The van der Waals surface area contributed by atoms with Gasteiger partial charge in [0.2, 0.25) is 5.95 Å². The molecule has 0 atom stereocenters. The van der Waals surface area contributed by atoms with E-state index in [1.807, 2.05) is 0 Å². The zero-order chi connectivity index (χ0) is 22.8. The van der Waals surface area contributed by atoms with E-state index in [0.29, 0.717) is 36.0 Å². The molecule has 1 heterocycles. The van der Waals surface area contributed by atoms with E-state index in [4.69, 9.17) is 5.41 Å². The fourth-order valence-corrected chi connectivity index (χ4v) is 3.08. The first-order valence-corrected chi connectivity index (χ1v) is 9.51. The number of anilines is 4. The summed E-state index contributed by atoms with van der Waals surface area (Å²) < 4.78 is 40.1. The SMILES string of the molecule is CC(C)(C#N)Nc1cccc(Nc2ncc(C(F)(F)F)c(NC3CC(O)C3)n2)c1C=N. The summed E-state index contributed by atoms with van der Waals surface area (Å²) in [6.07, 6.45) is -2.74. The second-order valence-corrected chi connectivity index (χ2v) is 7.82. The van der Waals surface area contributed by atoms with Gasteiger partial charge in [-0.3, -0.25) is 0 Å². The molecule has 1 aromatic heterocycles. The average Bonchev–Trinajstić information content (AvgIpc) is 2.66. The lowest BCUT2D eigenvalue weighted by Gasteiger charge is -2.33. The van der Waals surface area contributed by atoms with Crippen molar-refractivity contribution in [2.75, 3.05) is 16.0 Å². The molecule has 0 bridgehead atoms. The van der Waals surface area contributed by atoms with Crippen LogP contribution < -0.4 is 16.0 Å². The highest BCUT2D eigenvalue weighted by atomic mass is 19.4. The largest absolute Gasteiger partial charge is 0.421 e. The topological polar surface area (TPSA) is 130 Å². The van der Waals surface area contributed by atoms with E-state index in [1.165, 1.54) is 0 Å². The summed E-state index contributed by atoms with van der Waals surface area (Å²) in [5.41, 5.74) is -0.617. The number of aliphatic hydroxyl groups excluding tert-OH is 1. The maximum absolute atomic E-state index is 13.4. The first kappa shape index (κ1) is 22.3. The van der Waals surface area contributed by atoms with E-state index in [1.54, 1.807) is 32.0 Å². The molecule has 0 aliphatic heterocycles. The molecule has 0 amide bonds. The Morgan fingerprint density at radius 1 is 1.26 bits per heavy atom. The van der Waals surface area contributed by atoms with E-state index in [0.717, 1.165) is 6.21 Å². The molecule has 0 radical (unpaired) electrons. The summed E-state index contributed by atoms with van der Waals surface area (Å²) in [6.45, 7) is 3.35. The van der Waals surface area contributed by atoms with Gasteiger partial charge in [0.05, 0.1) is 17.9 Å². The summed E-state index contributed by atoms with van der Waals surface area (Å²) in [7, 11) is 0. The van der Waals surface area contributed by atoms with Crippen molar-refractivity contribution in [3.8, 4) is 6.07 Å². The van der Waals surface area contributed by atoms with Crippen LogP contribution in [0, 0.1) is 16.7 Å². The smallest absolute Gasteiger partial charge is 0.393 e. The van der Waals surface area contributed by atoms with E-state index in [9.17, 15) is 23.5 Å². The number of rotatable bonds is 7. The van der Waals surface area contributed by atoms with Gasteiger partial charge < -0.3 is 26.5 Å². The number of nitriles is 1. The summed E-state index contributed by atoms with van der Waals surface area (Å²) in [6, 6.07) is 6.78. The molecular formula is C20H22F3N7O. The monoisotopic (exact) mass is 433 g/mol. The molecule has 0 spiro atoms. The minimum Gasteiger partial charge on any atom is -0.393 e. The van der Waals surface area contributed by atoms with Gasteiger partial charge in [0.15, 0.2) is 0 Å². The molecule has 1 saturated carbocycles. The maximum Gasteiger partial charge on any atom is 0.421 e. The second kappa shape index (κ2) is 8.39. The van der Waals surface area contributed by atoms with E-state index in [-0.39, 0.29) is 17.8 Å². The number of alkyl halides is 3. The second-order valence-electron chi connectivity index (χ2n) is 7.82. The molecule has 31 heavy (non-hydrogen) atoms. The molecule has 0 saturated heterocycles. The first-order valence-electron chi connectivity index (χ1n) is 9.51. The van der Waals surface area contributed by atoms with Crippen LogP contribution in [0.2, 0.25) is 0 Å². The van der Waals surface area contributed by atoms with Crippen molar-refractivity contribution in [1.29, 1.82) is 10.7 Å². The minimum absolute atomic E-state index is 0.0878. The third-order valence-corrected chi connectivity index (χ3v) is 4.77. The van der Waals surface area contributed by atoms with Crippen LogP contribution in [-0.2, 0) is 6.18 Å². The van der Waals surface area contributed by atoms with Crippen LogP contribution in [0.15, 0.2) is 24.4 Å². The van der Waals surface area contributed by atoms with Crippen molar-refractivity contribution in [2.24, 2.45) is 0 Å². The molecule has 11 heteroatoms. The molecule has 1 aliphatic carbocycles. The third kappa shape index (κ3) is 5.21. The van der Waals surface area contributed by atoms with Gasteiger partial charge in [-0.25, -0.2) is 4.98 Å². The Labute approximate surface area is 177 Å². The van der Waals surface area contributed by atoms with Gasteiger partial charge >= 0.3 is 6.18 Å². The average molecular weight is 433 g/mol. The van der Waals surface area contributed by atoms with Gasteiger partial charge in [-0.15, -0.1) is 0 Å². The van der Waals surface area contributed by atoms with E-state index in [2.05, 4.69) is 32.0 Å². The minimum atomic E-state index is -4.64. The van der Waals surface area contributed by atoms with Gasteiger partial charge in [0.1, 0.15) is 16.9 Å². The number of nitrogens with zero attached hydrogens (tertiary/aromatic N) is 3. The molecule has 164 valence electrons. The fourth-order valence-electron chi connectivity index (χ4n) is 3.08. The molecule has 0 unspecified atom stereocenters. The van der Waals surface area contributed by atoms with Crippen LogP contribution in [0.5, 0.6) is 0 Å². The van der Waals surface area contributed by atoms with Crippen molar-refractivity contribution in [1.82, 2.24) is 9.97 Å². The number of hydrogen-bond acceptors (Lipinski definition) is 8. The number of benzene rings is 1. The van der Waals surface area contributed by atoms with Gasteiger partial charge in [0.25, 0.3) is 0 Å². The molecule has 3 rings (SSSR count). The standard InChI is InChI=1S/C20H22F3N7O/c1-19(2,10-25)30-16-5-3-4-15(13(16)8-24)28-18-26-9-14(20(21,22)23)17(29-18)27-11-6-12(31)7-11/h3-5,8-9,11-12,24,30-31H,6-7H2,1-2H3,(H2,26,27,28,29). The van der Waals surface area contributed by atoms with Crippen LogP contribution in [0.4, 0.5) is 36.3 Å². The fraction of sp³-hybridized carbons (Fsp3) is 0.400. The Morgan fingerprint density at radius 2 is 1.94 bits per heavy atom. The first-order chi connectivity index (χ1) is 14.5. The predicted octanol–water partition coefficient (Wildman–Crippen LogP) is 3.89. The molecular weight excluding hydrogens is 411 g/mol. The van der Waals surface area contributed by atoms with Crippen molar-refractivity contribution in [3.63, 3.8) is 0 Å². The highest BCUT2D eigenvalue weighted by Gasteiger charge is 2.37. The lowest BCUT2D eigenvalue weighted by atomic mass is 9.89. The quantitative estimate of drug-likeness (QED) is 0.419. The number of nitrogens with one attached hydrogen (secondary N) is 4. The van der Waals surface area contributed by atoms with Crippen molar-refractivity contribution in [2.45, 2.75) is 50.6 Å². The van der Waals surface area contributed by atoms with Crippen molar-refractivity contribution >= 4 is 29.4 Å². The van der Waals surface area contributed by atoms with Crippen LogP contribution in [0.25, 0.3) is 0 Å². The zero-order valence-corrected chi connectivity index (χ0v) is 16.9. The Bertz CT molecular complexity index is 1010. The maximum atomic E-state index is 13.4. The van der Waals surface area contributed by atoms with Crippen LogP contribution in [-0.4, -0.2) is 39.0 Å². The Morgan fingerprint density at radius 3 is 2.52 bits per heavy atom. The number of aromatic nitrogens is 2. The van der Waals surface area contributed by atoms with Crippen molar-refractivity contribution < 1.29 is 18.3 Å². The number of aliphatic hydroxyl groups is 1. The van der Waals surface area contributed by atoms with Gasteiger partial charge in [0, 0.05) is 29.7 Å². The van der Waals surface area contributed by atoms with Gasteiger partial charge in [-0.1, -0.05) is 6.07 Å². The number of halogens is 3. The highest BCUT2D eigenvalue weighted by molar-refractivity contribution is 5.94. The summed E-state index contributed by atoms with van der Waals surface area (Å²) >= 11 is 0. The zero-order valence-electron chi connectivity index (χ0n) is 16.9. The molecule has 1 aromatic carbocycles. The van der Waals surface area contributed by atoms with E-state index >= 15 is 0 Å². The van der Waals surface area contributed by atoms with Gasteiger partial charge in [-0.05, 0) is 38.8 Å². The van der Waals surface area contributed by atoms with Crippen LogP contribution in [0.3, 0.4) is 0 Å². The highest BCUT2D eigenvalue weighted by Crippen LogP contribution is 2.36. The van der Waals surface area contributed by atoms with Crippen LogP contribution in [0.1, 0.15) is 37.8 Å². The number of hydrogen-bond donors (Lipinski definition) is 5. The molecule has 1 aliphatic rings. The Kier molecular flexibility index (Phi) is 6.03. The normalized spacial score (nSPS) is 18.5. The summed E-state index contributed by atoms with van der Waals surface area (Å²) in [5.74, 6) is -0.464. The molecule has 1 fully saturated rings. The molecule has 8 nitrogen and oxygen atoms in total. The molecule has 2 aromatic rings.